The number of aromatic nitrogens is 1. The Morgan fingerprint density at radius 3 is 2.65 bits per heavy atom. The van der Waals surface area contributed by atoms with E-state index in [0.717, 1.165) is 25.3 Å². The number of aliphatic carboxylic acids is 1. The minimum absolute atomic E-state index is 0.0619. The molecule has 6 heteroatoms. The summed E-state index contributed by atoms with van der Waals surface area (Å²) in [5.41, 5.74) is -0.850. The van der Waals surface area contributed by atoms with Gasteiger partial charge in [-0.25, -0.2) is 9.18 Å². The number of hydrogen-bond donors (Lipinski definition) is 2. The van der Waals surface area contributed by atoms with Crippen LogP contribution in [0.2, 0.25) is 0 Å². The van der Waals surface area contributed by atoms with Gasteiger partial charge in [0.2, 0.25) is 0 Å². The number of hydrogen-bond acceptors (Lipinski definition) is 3. The standard InChI is InChI=1S/C17H17FN2O3/c18-12-9-11-5-4-8-19-14(11)13(10-12)15(21)20-17(16(22)23)6-2-1-3-7-17/h4-5,8-10H,1-3,6-7H2,(H,20,21)(H,22,23). The maximum Gasteiger partial charge on any atom is 0.329 e. The summed E-state index contributed by atoms with van der Waals surface area (Å²) < 4.78 is 13.8. The molecule has 2 aromatic rings. The van der Waals surface area contributed by atoms with Crippen molar-refractivity contribution in [3.05, 3.63) is 41.8 Å². The number of carboxylic acids is 1. The summed E-state index contributed by atoms with van der Waals surface area (Å²) in [5, 5.41) is 12.7. The molecular formula is C17H17FN2O3. The van der Waals surface area contributed by atoms with Crippen LogP contribution in [0.3, 0.4) is 0 Å². The minimum atomic E-state index is -1.28. The van der Waals surface area contributed by atoms with Crippen LogP contribution in [0.4, 0.5) is 4.39 Å². The molecule has 0 radical (unpaired) electrons. The van der Waals surface area contributed by atoms with Crippen molar-refractivity contribution >= 4 is 22.8 Å². The van der Waals surface area contributed by atoms with E-state index in [-0.39, 0.29) is 5.56 Å². The first kappa shape index (κ1) is 15.4. The monoisotopic (exact) mass is 316 g/mol. The lowest BCUT2D eigenvalue weighted by molar-refractivity contribution is -0.145. The number of fused-ring (bicyclic) bond motifs is 1. The van der Waals surface area contributed by atoms with Crippen LogP contribution in [-0.4, -0.2) is 27.5 Å². The third-order valence-electron chi connectivity index (χ3n) is 4.38. The third-order valence-corrected chi connectivity index (χ3v) is 4.38. The first-order chi connectivity index (χ1) is 11.0. The second kappa shape index (κ2) is 5.95. The predicted octanol–water partition coefficient (Wildman–Crippen LogP) is 2.89. The van der Waals surface area contributed by atoms with Gasteiger partial charge in [-0.1, -0.05) is 25.3 Å². The Balaban J connectivity index is 1.98. The Morgan fingerprint density at radius 2 is 1.96 bits per heavy atom. The van der Waals surface area contributed by atoms with Crippen molar-refractivity contribution in [3.8, 4) is 0 Å². The maximum absolute atomic E-state index is 13.8. The van der Waals surface area contributed by atoms with Crippen molar-refractivity contribution in [1.82, 2.24) is 10.3 Å². The summed E-state index contributed by atoms with van der Waals surface area (Å²) >= 11 is 0. The zero-order chi connectivity index (χ0) is 16.4. The van der Waals surface area contributed by atoms with E-state index in [1.54, 1.807) is 12.1 Å². The molecule has 1 aromatic heterocycles. The van der Waals surface area contributed by atoms with Crippen molar-refractivity contribution in [1.29, 1.82) is 0 Å². The van der Waals surface area contributed by atoms with Gasteiger partial charge in [0.15, 0.2) is 0 Å². The van der Waals surface area contributed by atoms with Crippen LogP contribution in [0, 0.1) is 5.82 Å². The summed E-state index contributed by atoms with van der Waals surface area (Å²) in [5.74, 6) is -2.19. The molecule has 1 aliphatic carbocycles. The molecular weight excluding hydrogens is 299 g/mol. The first-order valence-electron chi connectivity index (χ1n) is 7.62. The summed E-state index contributed by atoms with van der Waals surface area (Å²) in [6.45, 7) is 0. The number of nitrogens with zero attached hydrogens (tertiary/aromatic N) is 1. The Kier molecular flexibility index (Phi) is 3.98. The largest absolute Gasteiger partial charge is 0.480 e. The number of halogens is 1. The van der Waals surface area contributed by atoms with E-state index in [9.17, 15) is 19.1 Å². The molecule has 0 unspecified atom stereocenters. The fourth-order valence-corrected chi connectivity index (χ4v) is 3.16. The van der Waals surface area contributed by atoms with Crippen molar-refractivity contribution in [2.75, 3.05) is 0 Å². The molecule has 3 rings (SSSR count). The second-order valence-corrected chi connectivity index (χ2v) is 5.93. The number of rotatable bonds is 3. The molecule has 1 aromatic carbocycles. The van der Waals surface area contributed by atoms with Gasteiger partial charge in [-0.3, -0.25) is 9.78 Å². The molecule has 1 heterocycles. The molecule has 1 amide bonds. The Bertz CT molecular complexity index is 770. The number of pyridine rings is 1. The van der Waals surface area contributed by atoms with Crippen molar-refractivity contribution in [2.24, 2.45) is 0 Å². The minimum Gasteiger partial charge on any atom is -0.480 e. The molecule has 5 nitrogen and oxygen atoms in total. The van der Waals surface area contributed by atoms with Crippen molar-refractivity contribution in [2.45, 2.75) is 37.6 Å². The number of carboxylic acid groups (broad SMARTS) is 1. The Morgan fingerprint density at radius 1 is 1.22 bits per heavy atom. The van der Waals surface area contributed by atoms with Crippen LogP contribution < -0.4 is 5.32 Å². The van der Waals surface area contributed by atoms with Gasteiger partial charge in [0.25, 0.3) is 5.91 Å². The average molecular weight is 316 g/mol. The van der Waals surface area contributed by atoms with Crippen molar-refractivity contribution in [3.63, 3.8) is 0 Å². The molecule has 0 atom stereocenters. The molecule has 0 spiro atoms. The van der Waals surface area contributed by atoms with Gasteiger partial charge in [-0.15, -0.1) is 0 Å². The van der Waals surface area contributed by atoms with E-state index in [1.807, 2.05) is 0 Å². The van der Waals surface area contributed by atoms with E-state index in [4.69, 9.17) is 0 Å². The molecule has 0 aliphatic heterocycles. The number of benzene rings is 1. The quantitative estimate of drug-likeness (QED) is 0.912. The highest BCUT2D eigenvalue weighted by Gasteiger charge is 2.41. The van der Waals surface area contributed by atoms with Crippen molar-refractivity contribution < 1.29 is 19.1 Å². The van der Waals surface area contributed by atoms with Gasteiger partial charge in [0.05, 0.1) is 11.1 Å². The lowest BCUT2D eigenvalue weighted by Gasteiger charge is -2.34. The fraction of sp³-hybridized carbons (Fsp3) is 0.353. The van der Waals surface area contributed by atoms with Crippen LogP contribution in [-0.2, 0) is 4.79 Å². The highest BCUT2D eigenvalue weighted by atomic mass is 19.1. The molecule has 0 bridgehead atoms. The summed E-state index contributed by atoms with van der Waals surface area (Å²) in [6.07, 6.45) is 4.73. The molecule has 1 aliphatic rings. The summed E-state index contributed by atoms with van der Waals surface area (Å²) in [4.78, 5) is 28.4. The third kappa shape index (κ3) is 2.88. The normalized spacial score (nSPS) is 16.9. The van der Waals surface area contributed by atoms with E-state index in [0.29, 0.717) is 23.7 Å². The second-order valence-electron chi connectivity index (χ2n) is 5.93. The van der Waals surface area contributed by atoms with Gasteiger partial charge in [0, 0.05) is 11.6 Å². The van der Waals surface area contributed by atoms with E-state index < -0.39 is 23.2 Å². The molecule has 23 heavy (non-hydrogen) atoms. The summed E-state index contributed by atoms with van der Waals surface area (Å²) in [7, 11) is 0. The van der Waals surface area contributed by atoms with E-state index in [2.05, 4.69) is 10.3 Å². The van der Waals surface area contributed by atoms with Crippen LogP contribution in [0.5, 0.6) is 0 Å². The smallest absolute Gasteiger partial charge is 0.329 e. The zero-order valence-electron chi connectivity index (χ0n) is 12.5. The Labute approximate surface area is 132 Å². The predicted molar refractivity (Wildman–Crippen MR) is 82.6 cm³/mol. The lowest BCUT2D eigenvalue weighted by Crippen LogP contribution is -2.55. The molecule has 1 fully saturated rings. The maximum atomic E-state index is 13.8. The fourth-order valence-electron chi connectivity index (χ4n) is 3.16. The molecule has 1 saturated carbocycles. The molecule has 120 valence electrons. The topological polar surface area (TPSA) is 79.3 Å². The number of carbonyl (C=O) groups excluding carboxylic acids is 1. The molecule has 0 saturated heterocycles. The molecule has 2 N–H and O–H groups in total. The highest BCUT2D eigenvalue weighted by molar-refractivity contribution is 6.07. The van der Waals surface area contributed by atoms with Crippen LogP contribution >= 0.6 is 0 Å². The highest BCUT2D eigenvalue weighted by Crippen LogP contribution is 2.29. The van der Waals surface area contributed by atoms with E-state index in [1.165, 1.54) is 12.3 Å². The number of nitrogens with one attached hydrogen (secondary N) is 1. The summed E-state index contributed by atoms with van der Waals surface area (Å²) in [6, 6.07) is 5.72. The SMILES string of the molecule is O=C(NC1(C(=O)O)CCCCC1)c1cc(F)cc2cccnc12. The van der Waals surface area contributed by atoms with Crippen LogP contribution in [0.15, 0.2) is 30.5 Å². The van der Waals surface area contributed by atoms with Gasteiger partial charge < -0.3 is 10.4 Å². The van der Waals surface area contributed by atoms with Gasteiger partial charge >= 0.3 is 5.97 Å². The van der Waals surface area contributed by atoms with Gasteiger partial charge in [-0.05, 0) is 31.0 Å². The van der Waals surface area contributed by atoms with E-state index >= 15 is 0 Å². The Hall–Kier alpha value is -2.50. The number of carbonyl (C=O) groups is 2. The van der Waals surface area contributed by atoms with Crippen LogP contribution in [0.1, 0.15) is 42.5 Å². The van der Waals surface area contributed by atoms with Crippen LogP contribution in [0.25, 0.3) is 10.9 Å². The number of amides is 1. The zero-order valence-corrected chi connectivity index (χ0v) is 12.5. The van der Waals surface area contributed by atoms with Gasteiger partial charge in [0.1, 0.15) is 11.4 Å². The first-order valence-corrected chi connectivity index (χ1v) is 7.62. The lowest BCUT2D eigenvalue weighted by atomic mass is 9.81. The van der Waals surface area contributed by atoms with Gasteiger partial charge in [-0.2, -0.15) is 0 Å². The average Bonchev–Trinajstić information content (AvgIpc) is 2.54.